The van der Waals surface area contributed by atoms with E-state index in [0.29, 0.717) is 11.7 Å². The number of hydrogen-bond acceptors (Lipinski definition) is 4. The van der Waals surface area contributed by atoms with E-state index in [1.54, 1.807) is 4.68 Å². The van der Waals surface area contributed by atoms with Crippen LogP contribution in [-0.2, 0) is 4.79 Å². The summed E-state index contributed by atoms with van der Waals surface area (Å²) in [5.74, 6) is 1.07. The molecular weight excluding hydrogens is 316 g/mol. The lowest BCUT2D eigenvalue weighted by molar-refractivity contribution is -0.119. The van der Waals surface area contributed by atoms with Crippen LogP contribution in [-0.4, -0.2) is 30.7 Å². The fourth-order valence-electron chi connectivity index (χ4n) is 2.78. The number of aromatic nitrogens is 5. The van der Waals surface area contributed by atoms with Crippen molar-refractivity contribution in [3.05, 3.63) is 54.6 Å². The van der Waals surface area contributed by atoms with E-state index >= 15 is 0 Å². The Morgan fingerprint density at radius 1 is 1.20 bits per heavy atom. The SMILES string of the molecule is Cc1nnnn1-c1cccc(NC(=O)[C@@H](CC(C)C)n2cccc2)c1. The van der Waals surface area contributed by atoms with Gasteiger partial charge in [0, 0.05) is 18.1 Å². The summed E-state index contributed by atoms with van der Waals surface area (Å²) in [5.41, 5.74) is 1.53. The van der Waals surface area contributed by atoms with Crippen molar-refractivity contribution in [1.29, 1.82) is 0 Å². The largest absolute Gasteiger partial charge is 0.342 e. The van der Waals surface area contributed by atoms with Gasteiger partial charge in [-0.3, -0.25) is 4.79 Å². The molecule has 7 heteroatoms. The summed E-state index contributed by atoms with van der Waals surface area (Å²) in [4.78, 5) is 12.8. The molecule has 3 aromatic rings. The molecular formula is C18H22N6O. The number of hydrogen-bond donors (Lipinski definition) is 1. The molecule has 2 heterocycles. The van der Waals surface area contributed by atoms with Crippen LogP contribution < -0.4 is 5.32 Å². The molecule has 25 heavy (non-hydrogen) atoms. The highest BCUT2D eigenvalue weighted by molar-refractivity contribution is 5.94. The van der Waals surface area contributed by atoms with Gasteiger partial charge in [-0.25, -0.2) is 0 Å². The summed E-state index contributed by atoms with van der Waals surface area (Å²) >= 11 is 0. The molecule has 2 aromatic heterocycles. The van der Waals surface area contributed by atoms with Crippen LogP contribution in [0.3, 0.4) is 0 Å². The third kappa shape index (κ3) is 3.93. The Morgan fingerprint density at radius 2 is 1.96 bits per heavy atom. The molecule has 0 radical (unpaired) electrons. The van der Waals surface area contributed by atoms with E-state index < -0.39 is 0 Å². The molecule has 0 saturated carbocycles. The Morgan fingerprint density at radius 3 is 2.60 bits per heavy atom. The monoisotopic (exact) mass is 338 g/mol. The van der Waals surface area contributed by atoms with E-state index in [2.05, 4.69) is 34.7 Å². The zero-order chi connectivity index (χ0) is 17.8. The third-order valence-corrected chi connectivity index (χ3v) is 3.97. The van der Waals surface area contributed by atoms with Gasteiger partial charge in [-0.05, 0) is 60.0 Å². The molecule has 130 valence electrons. The normalized spacial score (nSPS) is 12.3. The van der Waals surface area contributed by atoms with Crippen LogP contribution in [0.25, 0.3) is 5.69 Å². The van der Waals surface area contributed by atoms with Crippen molar-refractivity contribution in [2.24, 2.45) is 5.92 Å². The highest BCUT2D eigenvalue weighted by Gasteiger charge is 2.21. The van der Waals surface area contributed by atoms with Gasteiger partial charge in [-0.15, -0.1) is 5.10 Å². The fourth-order valence-corrected chi connectivity index (χ4v) is 2.78. The third-order valence-electron chi connectivity index (χ3n) is 3.97. The first kappa shape index (κ1) is 16.9. The lowest BCUT2D eigenvalue weighted by Gasteiger charge is -2.20. The van der Waals surface area contributed by atoms with Gasteiger partial charge in [0.1, 0.15) is 6.04 Å². The highest BCUT2D eigenvalue weighted by Crippen LogP contribution is 2.21. The van der Waals surface area contributed by atoms with Crippen LogP contribution in [0.4, 0.5) is 5.69 Å². The first-order valence-electron chi connectivity index (χ1n) is 8.33. The van der Waals surface area contributed by atoms with E-state index in [-0.39, 0.29) is 11.9 Å². The van der Waals surface area contributed by atoms with E-state index in [4.69, 9.17) is 0 Å². The van der Waals surface area contributed by atoms with Crippen molar-refractivity contribution in [2.45, 2.75) is 33.2 Å². The molecule has 0 aliphatic heterocycles. The average Bonchev–Trinajstić information content (AvgIpc) is 3.24. The summed E-state index contributed by atoms with van der Waals surface area (Å²) in [6.45, 7) is 6.06. The number of carbonyl (C=O) groups excluding carboxylic acids is 1. The fraction of sp³-hybridized carbons (Fsp3) is 0.333. The van der Waals surface area contributed by atoms with E-state index in [1.807, 2.05) is 60.3 Å². The zero-order valence-electron chi connectivity index (χ0n) is 14.6. The summed E-state index contributed by atoms with van der Waals surface area (Å²) < 4.78 is 3.58. The first-order chi connectivity index (χ1) is 12.0. The molecule has 7 nitrogen and oxygen atoms in total. The van der Waals surface area contributed by atoms with Crippen molar-refractivity contribution in [3.8, 4) is 5.69 Å². The summed E-state index contributed by atoms with van der Waals surface area (Å²) in [6, 6.07) is 11.1. The number of nitrogens with zero attached hydrogens (tertiary/aromatic N) is 5. The Balaban J connectivity index is 1.81. The molecule has 0 aliphatic rings. The van der Waals surface area contributed by atoms with Crippen LogP contribution in [0, 0.1) is 12.8 Å². The standard InChI is InChI=1S/C18H22N6O/c1-13(2)11-17(23-9-4-5-10-23)18(25)19-15-7-6-8-16(12-15)24-14(3)20-21-22-24/h4-10,12-13,17H,11H2,1-3H3,(H,19,25)/t17-/m1/s1. The van der Waals surface area contributed by atoms with Gasteiger partial charge in [0.15, 0.2) is 5.82 Å². The molecule has 1 N–H and O–H groups in total. The zero-order valence-corrected chi connectivity index (χ0v) is 14.6. The van der Waals surface area contributed by atoms with Crippen molar-refractivity contribution in [3.63, 3.8) is 0 Å². The summed E-state index contributed by atoms with van der Waals surface area (Å²) in [7, 11) is 0. The summed E-state index contributed by atoms with van der Waals surface area (Å²) in [5, 5.41) is 14.5. The van der Waals surface area contributed by atoms with Gasteiger partial charge in [0.2, 0.25) is 5.91 Å². The van der Waals surface area contributed by atoms with E-state index in [9.17, 15) is 4.79 Å². The van der Waals surface area contributed by atoms with Crippen molar-refractivity contribution < 1.29 is 4.79 Å². The van der Waals surface area contributed by atoms with Crippen LogP contribution in [0.2, 0.25) is 0 Å². The number of nitrogens with one attached hydrogen (secondary N) is 1. The molecule has 0 saturated heterocycles. The van der Waals surface area contributed by atoms with Crippen LogP contribution in [0.5, 0.6) is 0 Å². The lowest BCUT2D eigenvalue weighted by Crippen LogP contribution is -2.26. The minimum Gasteiger partial charge on any atom is -0.342 e. The van der Waals surface area contributed by atoms with Gasteiger partial charge in [-0.2, -0.15) is 4.68 Å². The molecule has 0 aliphatic carbocycles. The van der Waals surface area contributed by atoms with Gasteiger partial charge in [-0.1, -0.05) is 19.9 Å². The maximum atomic E-state index is 12.8. The van der Waals surface area contributed by atoms with Crippen LogP contribution in [0.1, 0.15) is 32.1 Å². The number of benzene rings is 1. The van der Waals surface area contributed by atoms with Gasteiger partial charge in [0.05, 0.1) is 5.69 Å². The van der Waals surface area contributed by atoms with Gasteiger partial charge < -0.3 is 9.88 Å². The molecule has 1 aromatic carbocycles. The molecule has 0 unspecified atom stereocenters. The van der Waals surface area contributed by atoms with Gasteiger partial charge in [0.25, 0.3) is 0 Å². The van der Waals surface area contributed by atoms with E-state index in [1.165, 1.54) is 0 Å². The Kier molecular flexibility index (Phi) is 4.92. The number of aryl methyl sites for hydroxylation is 1. The number of anilines is 1. The molecule has 1 amide bonds. The summed E-state index contributed by atoms with van der Waals surface area (Å²) in [6.07, 6.45) is 4.62. The second-order valence-electron chi connectivity index (χ2n) is 6.45. The number of rotatable bonds is 6. The second kappa shape index (κ2) is 7.29. The predicted octanol–water partition coefficient (Wildman–Crippen LogP) is 3.00. The van der Waals surface area contributed by atoms with Gasteiger partial charge >= 0.3 is 0 Å². The highest BCUT2D eigenvalue weighted by atomic mass is 16.2. The maximum Gasteiger partial charge on any atom is 0.247 e. The molecule has 0 fully saturated rings. The smallest absolute Gasteiger partial charge is 0.247 e. The minimum atomic E-state index is -0.242. The topological polar surface area (TPSA) is 77.6 Å². The molecule has 1 atom stereocenters. The quantitative estimate of drug-likeness (QED) is 0.749. The molecule has 0 spiro atoms. The Bertz CT molecular complexity index is 837. The average molecular weight is 338 g/mol. The Hall–Kier alpha value is -2.96. The van der Waals surface area contributed by atoms with Crippen molar-refractivity contribution in [2.75, 3.05) is 5.32 Å². The molecule has 0 bridgehead atoms. The molecule has 3 rings (SSSR count). The second-order valence-corrected chi connectivity index (χ2v) is 6.45. The minimum absolute atomic E-state index is 0.0320. The van der Waals surface area contributed by atoms with Crippen molar-refractivity contribution in [1.82, 2.24) is 24.8 Å². The van der Waals surface area contributed by atoms with Crippen LogP contribution in [0.15, 0.2) is 48.8 Å². The van der Waals surface area contributed by atoms with Crippen LogP contribution >= 0.6 is 0 Å². The first-order valence-corrected chi connectivity index (χ1v) is 8.33. The number of tetrazole rings is 1. The van der Waals surface area contributed by atoms with E-state index in [0.717, 1.165) is 17.8 Å². The lowest BCUT2D eigenvalue weighted by atomic mass is 10.0. The Labute approximate surface area is 146 Å². The van der Waals surface area contributed by atoms with Crippen molar-refractivity contribution >= 4 is 11.6 Å². The number of amides is 1. The number of carbonyl (C=O) groups is 1. The predicted molar refractivity (Wildman–Crippen MR) is 95.4 cm³/mol. The maximum absolute atomic E-state index is 12.8.